The molecule has 9 nitrogen and oxygen atoms in total. The Morgan fingerprint density at radius 1 is 1.03 bits per heavy atom. The van der Waals surface area contributed by atoms with Crippen LogP contribution in [-0.2, 0) is 21.3 Å². The first-order valence-electron chi connectivity index (χ1n) is 9.43. The Kier molecular flexibility index (Phi) is 5.88. The van der Waals surface area contributed by atoms with E-state index in [1.165, 1.54) is 22.8 Å². The smallest absolute Gasteiger partial charge is 0.255 e. The van der Waals surface area contributed by atoms with Crippen molar-refractivity contribution >= 4 is 21.6 Å². The molecule has 0 radical (unpaired) electrons. The zero-order chi connectivity index (χ0) is 21.0. The molecule has 2 heterocycles. The maximum atomic E-state index is 12.7. The summed E-state index contributed by atoms with van der Waals surface area (Å²) in [5.74, 6) is -0.272. The van der Waals surface area contributed by atoms with Crippen molar-refractivity contribution in [2.24, 2.45) is 0 Å². The summed E-state index contributed by atoms with van der Waals surface area (Å²) in [5.41, 5.74) is 2.02. The van der Waals surface area contributed by atoms with Gasteiger partial charge in [0.1, 0.15) is 12.7 Å². The maximum absolute atomic E-state index is 12.7. The van der Waals surface area contributed by atoms with Crippen molar-refractivity contribution in [1.82, 2.24) is 19.1 Å². The number of amides is 1. The quantitative estimate of drug-likeness (QED) is 0.640. The fourth-order valence-corrected chi connectivity index (χ4v) is 4.52. The number of carbonyl (C=O) groups is 1. The average Bonchev–Trinajstić information content (AvgIpc) is 3.28. The van der Waals surface area contributed by atoms with Gasteiger partial charge in [-0.3, -0.25) is 4.79 Å². The van der Waals surface area contributed by atoms with Crippen molar-refractivity contribution in [3.05, 3.63) is 72.3 Å². The summed E-state index contributed by atoms with van der Waals surface area (Å²) in [7, 11) is -3.56. The lowest BCUT2D eigenvalue weighted by molar-refractivity contribution is 0.0730. The van der Waals surface area contributed by atoms with Crippen LogP contribution in [0.25, 0.3) is 0 Å². The van der Waals surface area contributed by atoms with Crippen LogP contribution < -0.4 is 5.32 Å². The number of carbonyl (C=O) groups excluding carboxylic acids is 1. The summed E-state index contributed by atoms with van der Waals surface area (Å²) >= 11 is 0. The number of benzene rings is 2. The molecule has 1 aromatic heterocycles. The first-order valence-corrected chi connectivity index (χ1v) is 10.9. The van der Waals surface area contributed by atoms with E-state index in [9.17, 15) is 13.2 Å². The van der Waals surface area contributed by atoms with Crippen molar-refractivity contribution in [1.29, 1.82) is 0 Å². The van der Waals surface area contributed by atoms with Crippen molar-refractivity contribution in [3.8, 4) is 0 Å². The zero-order valence-electron chi connectivity index (χ0n) is 16.1. The third-order valence-electron chi connectivity index (χ3n) is 4.75. The molecule has 0 bridgehead atoms. The normalized spacial score (nSPS) is 15.1. The molecule has 2 aromatic carbocycles. The minimum Gasteiger partial charge on any atom is -0.379 e. The van der Waals surface area contributed by atoms with Crippen LogP contribution in [0.15, 0.2) is 66.1 Å². The molecule has 30 heavy (non-hydrogen) atoms. The highest BCUT2D eigenvalue weighted by atomic mass is 32.2. The number of nitrogens with one attached hydrogen (secondary N) is 1. The van der Waals surface area contributed by atoms with Gasteiger partial charge in [0, 0.05) is 24.3 Å². The third kappa shape index (κ3) is 4.56. The maximum Gasteiger partial charge on any atom is 0.255 e. The van der Waals surface area contributed by atoms with Crippen LogP contribution in [0.4, 0.5) is 5.69 Å². The topological polar surface area (TPSA) is 106 Å². The largest absolute Gasteiger partial charge is 0.379 e. The van der Waals surface area contributed by atoms with Gasteiger partial charge in [0.2, 0.25) is 10.0 Å². The van der Waals surface area contributed by atoms with Gasteiger partial charge in [-0.15, -0.1) is 0 Å². The highest BCUT2D eigenvalue weighted by Crippen LogP contribution is 2.20. The Bertz CT molecular complexity index is 1090. The average molecular weight is 427 g/mol. The molecule has 3 aromatic rings. The molecule has 1 aliphatic rings. The van der Waals surface area contributed by atoms with E-state index in [-0.39, 0.29) is 10.8 Å². The number of sulfonamides is 1. The molecule has 0 unspecified atom stereocenters. The number of nitrogens with zero attached hydrogens (tertiary/aromatic N) is 4. The summed E-state index contributed by atoms with van der Waals surface area (Å²) in [6.45, 7) is 2.04. The molecule has 0 atom stereocenters. The van der Waals surface area contributed by atoms with Gasteiger partial charge in [-0.25, -0.2) is 18.1 Å². The minimum absolute atomic E-state index is 0.194. The third-order valence-corrected chi connectivity index (χ3v) is 6.66. The lowest BCUT2D eigenvalue weighted by Crippen LogP contribution is -2.40. The zero-order valence-corrected chi connectivity index (χ0v) is 17.0. The van der Waals surface area contributed by atoms with Crippen molar-refractivity contribution in [2.45, 2.75) is 11.4 Å². The van der Waals surface area contributed by atoms with E-state index in [1.807, 2.05) is 12.1 Å². The van der Waals surface area contributed by atoms with Gasteiger partial charge in [0.05, 0.1) is 24.7 Å². The second-order valence-electron chi connectivity index (χ2n) is 6.78. The van der Waals surface area contributed by atoms with E-state index in [2.05, 4.69) is 15.4 Å². The number of anilines is 1. The van der Waals surface area contributed by atoms with E-state index >= 15 is 0 Å². The van der Waals surface area contributed by atoms with E-state index in [0.29, 0.717) is 44.1 Å². The summed E-state index contributed by atoms with van der Waals surface area (Å²) in [5, 5.41) is 6.84. The van der Waals surface area contributed by atoms with Gasteiger partial charge in [0.25, 0.3) is 5.91 Å². The standard InChI is InChI=1S/C20H21N5O4S/c26-20(17-3-1-16(2-4-17)13-24-15-21-14-22-24)23-18-5-7-19(8-6-18)30(27,28)25-9-11-29-12-10-25/h1-8,14-15H,9-13H2,(H,23,26). The van der Waals surface area contributed by atoms with Crippen LogP contribution in [0.2, 0.25) is 0 Å². The van der Waals surface area contributed by atoms with Crippen molar-refractivity contribution in [3.63, 3.8) is 0 Å². The lowest BCUT2D eigenvalue weighted by atomic mass is 10.1. The van der Waals surface area contributed by atoms with Crippen LogP contribution in [-0.4, -0.2) is 59.7 Å². The molecule has 1 N–H and O–H groups in total. The molecule has 1 aliphatic heterocycles. The number of rotatable bonds is 6. The molecule has 1 saturated heterocycles. The second kappa shape index (κ2) is 8.74. The monoisotopic (exact) mass is 427 g/mol. The first kappa shape index (κ1) is 20.2. The highest BCUT2D eigenvalue weighted by molar-refractivity contribution is 7.89. The molecule has 10 heteroatoms. The molecule has 1 fully saturated rings. The molecule has 1 amide bonds. The van der Waals surface area contributed by atoms with Crippen LogP contribution in [0.1, 0.15) is 15.9 Å². The predicted molar refractivity (Wildman–Crippen MR) is 110 cm³/mol. The number of ether oxygens (including phenoxy) is 1. The molecular weight excluding hydrogens is 406 g/mol. The fourth-order valence-electron chi connectivity index (χ4n) is 3.11. The second-order valence-corrected chi connectivity index (χ2v) is 8.72. The minimum atomic E-state index is -3.56. The van der Waals surface area contributed by atoms with Crippen LogP contribution in [0, 0.1) is 0 Å². The van der Waals surface area contributed by atoms with Crippen LogP contribution >= 0.6 is 0 Å². The van der Waals surface area contributed by atoms with Gasteiger partial charge in [-0.05, 0) is 42.0 Å². The molecule has 0 spiro atoms. The van der Waals surface area contributed by atoms with Gasteiger partial charge in [-0.1, -0.05) is 12.1 Å². The first-order chi connectivity index (χ1) is 14.5. The van der Waals surface area contributed by atoms with Gasteiger partial charge < -0.3 is 10.1 Å². The predicted octanol–water partition coefficient (Wildman–Crippen LogP) is 1.60. The van der Waals surface area contributed by atoms with Gasteiger partial charge in [-0.2, -0.15) is 9.40 Å². The number of aromatic nitrogens is 3. The van der Waals surface area contributed by atoms with E-state index in [4.69, 9.17) is 4.74 Å². The molecular formula is C20H21N5O4S. The highest BCUT2D eigenvalue weighted by Gasteiger charge is 2.26. The Morgan fingerprint density at radius 2 is 1.73 bits per heavy atom. The van der Waals surface area contributed by atoms with E-state index in [1.54, 1.807) is 35.3 Å². The van der Waals surface area contributed by atoms with Crippen LogP contribution in [0.5, 0.6) is 0 Å². The van der Waals surface area contributed by atoms with Crippen molar-refractivity contribution < 1.29 is 17.9 Å². The SMILES string of the molecule is O=C(Nc1ccc(S(=O)(=O)N2CCOCC2)cc1)c1ccc(Cn2cncn2)cc1. The van der Waals surface area contributed by atoms with Gasteiger partial charge in [0.15, 0.2) is 0 Å². The van der Waals surface area contributed by atoms with E-state index < -0.39 is 10.0 Å². The van der Waals surface area contributed by atoms with Gasteiger partial charge >= 0.3 is 0 Å². The molecule has 4 rings (SSSR count). The number of hydrogen-bond acceptors (Lipinski definition) is 6. The number of morpholine rings is 1. The van der Waals surface area contributed by atoms with Crippen LogP contribution in [0.3, 0.4) is 0 Å². The Hall–Kier alpha value is -3.08. The Labute approximate surface area is 174 Å². The Morgan fingerprint density at radius 3 is 2.37 bits per heavy atom. The van der Waals surface area contributed by atoms with E-state index in [0.717, 1.165) is 5.56 Å². The summed E-state index contributed by atoms with van der Waals surface area (Å²) in [6.07, 6.45) is 3.10. The fraction of sp³-hybridized carbons (Fsp3) is 0.250. The summed E-state index contributed by atoms with van der Waals surface area (Å²) < 4.78 is 33.6. The number of hydrogen-bond donors (Lipinski definition) is 1. The van der Waals surface area contributed by atoms with Crippen molar-refractivity contribution in [2.75, 3.05) is 31.6 Å². The molecule has 0 aliphatic carbocycles. The molecule has 156 valence electrons. The Balaban J connectivity index is 1.39. The molecule has 0 saturated carbocycles. The summed E-state index contributed by atoms with van der Waals surface area (Å²) in [4.78, 5) is 16.6. The lowest BCUT2D eigenvalue weighted by Gasteiger charge is -2.26. The summed E-state index contributed by atoms with van der Waals surface area (Å²) in [6, 6.07) is 13.4.